The van der Waals surface area contributed by atoms with Crippen LogP contribution in [0.1, 0.15) is 21.5 Å². The maximum absolute atomic E-state index is 12.9. The number of non-ortho nitro benzene ring substituents is 2. The summed E-state index contributed by atoms with van der Waals surface area (Å²) in [7, 11) is 0. The summed E-state index contributed by atoms with van der Waals surface area (Å²) in [5.41, 5.74) is 1.48. The zero-order valence-electron chi connectivity index (χ0n) is 21.4. The van der Waals surface area contributed by atoms with Gasteiger partial charge in [0.2, 0.25) is 11.8 Å². The van der Waals surface area contributed by atoms with Gasteiger partial charge in [0.05, 0.1) is 9.85 Å². The van der Waals surface area contributed by atoms with Crippen LogP contribution in [0.3, 0.4) is 0 Å². The first-order valence-electron chi connectivity index (χ1n) is 12.0. The van der Waals surface area contributed by atoms with Gasteiger partial charge in [-0.3, -0.25) is 39.9 Å². The first-order valence-corrected chi connectivity index (χ1v) is 12.9. The number of nitro groups is 2. The van der Waals surface area contributed by atoms with Crippen molar-refractivity contribution in [1.82, 2.24) is 4.98 Å². The lowest BCUT2D eigenvalue weighted by Crippen LogP contribution is -2.15. The fourth-order valence-electron chi connectivity index (χ4n) is 3.48. The number of anilines is 3. The van der Waals surface area contributed by atoms with E-state index in [1.165, 1.54) is 109 Å². The minimum absolute atomic E-state index is 0.0818. The quantitative estimate of drug-likeness (QED) is 0.123. The molecule has 0 bridgehead atoms. The highest BCUT2D eigenvalue weighted by Gasteiger charge is 2.13. The topological polar surface area (TPSA) is 186 Å². The van der Waals surface area contributed by atoms with Gasteiger partial charge in [0.1, 0.15) is 0 Å². The maximum atomic E-state index is 12.9. The minimum atomic E-state index is -0.554. The highest BCUT2D eigenvalue weighted by molar-refractivity contribution is 7.13. The standard InChI is InChI=1S/C28H20N6O7S/c35-25(11-5-18-1-7-23(8-2-18)33(38)39)30-21-15-20(27(37)32-28-29-13-14-42-28)16-22(17-21)31-26(36)12-6-19-3-9-24(10-4-19)34(40)41/h1-17H,(H,30,35)(H,31,36)(H,29,32,37). The highest BCUT2D eigenvalue weighted by Crippen LogP contribution is 2.22. The van der Waals surface area contributed by atoms with Gasteiger partial charge in [0.15, 0.2) is 5.13 Å². The summed E-state index contributed by atoms with van der Waals surface area (Å²) >= 11 is 1.21. The van der Waals surface area contributed by atoms with E-state index < -0.39 is 27.6 Å². The van der Waals surface area contributed by atoms with Crippen molar-refractivity contribution in [2.45, 2.75) is 0 Å². The van der Waals surface area contributed by atoms with Gasteiger partial charge in [-0.25, -0.2) is 4.98 Å². The van der Waals surface area contributed by atoms with Crippen LogP contribution in [0.4, 0.5) is 27.9 Å². The Balaban J connectivity index is 1.50. The van der Waals surface area contributed by atoms with Crippen LogP contribution in [-0.2, 0) is 9.59 Å². The van der Waals surface area contributed by atoms with Gasteiger partial charge in [-0.15, -0.1) is 11.3 Å². The highest BCUT2D eigenvalue weighted by atomic mass is 32.1. The predicted molar refractivity (Wildman–Crippen MR) is 158 cm³/mol. The number of benzene rings is 3. The second-order valence-electron chi connectivity index (χ2n) is 8.43. The molecule has 0 radical (unpaired) electrons. The zero-order chi connectivity index (χ0) is 30.1. The summed E-state index contributed by atoms with van der Waals surface area (Å²) in [5, 5.41) is 31.6. The molecule has 0 aliphatic carbocycles. The molecule has 13 nitrogen and oxygen atoms in total. The number of rotatable bonds is 10. The van der Waals surface area contributed by atoms with E-state index in [2.05, 4.69) is 20.9 Å². The van der Waals surface area contributed by atoms with Gasteiger partial charge in [0, 0.05) is 64.9 Å². The first kappa shape index (κ1) is 29.0. The fourth-order valence-corrected chi connectivity index (χ4v) is 4.01. The number of thiazole rings is 1. The molecule has 4 aromatic rings. The van der Waals surface area contributed by atoms with Crippen molar-refractivity contribution in [1.29, 1.82) is 0 Å². The molecule has 0 spiro atoms. The number of nitrogens with one attached hydrogen (secondary N) is 3. The molecule has 4 rings (SSSR count). The molecule has 0 aliphatic rings. The lowest BCUT2D eigenvalue weighted by Gasteiger charge is -2.11. The van der Waals surface area contributed by atoms with Crippen LogP contribution in [0.5, 0.6) is 0 Å². The Labute approximate surface area is 241 Å². The second kappa shape index (κ2) is 13.4. The SMILES string of the molecule is O=C(C=Cc1ccc([N+](=O)[O-])cc1)Nc1cc(NC(=O)C=Cc2ccc([N+](=O)[O-])cc2)cc(C(=O)Nc2nccs2)c1. The Morgan fingerprint density at radius 2 is 1.19 bits per heavy atom. The summed E-state index contributed by atoms with van der Waals surface area (Å²) in [5.74, 6) is -1.64. The third-order valence-corrected chi connectivity index (χ3v) is 6.13. The predicted octanol–water partition coefficient (Wildman–Crippen LogP) is 5.52. The molecular formula is C28H20N6O7S. The second-order valence-corrected chi connectivity index (χ2v) is 9.33. The molecule has 3 amide bonds. The number of amides is 3. The van der Waals surface area contributed by atoms with Gasteiger partial charge in [0.25, 0.3) is 17.3 Å². The number of hydrogen-bond acceptors (Lipinski definition) is 9. The van der Waals surface area contributed by atoms with Gasteiger partial charge < -0.3 is 10.6 Å². The lowest BCUT2D eigenvalue weighted by atomic mass is 10.1. The van der Waals surface area contributed by atoms with Crippen molar-refractivity contribution in [3.63, 3.8) is 0 Å². The normalized spacial score (nSPS) is 10.9. The van der Waals surface area contributed by atoms with E-state index in [1.807, 2.05) is 0 Å². The van der Waals surface area contributed by atoms with E-state index in [4.69, 9.17) is 0 Å². The number of carbonyl (C=O) groups excluding carboxylic acids is 3. The average Bonchev–Trinajstić information content (AvgIpc) is 3.48. The van der Waals surface area contributed by atoms with Crippen LogP contribution in [0.2, 0.25) is 0 Å². The minimum Gasteiger partial charge on any atom is -0.322 e. The number of carbonyl (C=O) groups is 3. The molecule has 3 aromatic carbocycles. The number of aromatic nitrogens is 1. The molecule has 0 aliphatic heterocycles. The van der Waals surface area contributed by atoms with E-state index in [1.54, 1.807) is 5.38 Å². The summed E-state index contributed by atoms with van der Waals surface area (Å²) in [6.07, 6.45) is 6.88. The van der Waals surface area contributed by atoms with Crippen molar-refractivity contribution < 1.29 is 24.2 Å². The molecule has 42 heavy (non-hydrogen) atoms. The van der Waals surface area contributed by atoms with Crippen LogP contribution in [0.25, 0.3) is 12.2 Å². The van der Waals surface area contributed by atoms with Gasteiger partial charge in [-0.05, 0) is 65.7 Å². The molecule has 1 aromatic heterocycles. The molecule has 0 fully saturated rings. The summed E-state index contributed by atoms with van der Waals surface area (Å²) < 4.78 is 0. The van der Waals surface area contributed by atoms with E-state index in [0.717, 1.165) is 0 Å². The van der Waals surface area contributed by atoms with Gasteiger partial charge in [-0.2, -0.15) is 0 Å². The van der Waals surface area contributed by atoms with Crippen molar-refractivity contribution in [3.8, 4) is 0 Å². The summed E-state index contributed by atoms with van der Waals surface area (Å²) in [6.45, 7) is 0. The molecule has 210 valence electrons. The molecular weight excluding hydrogens is 564 g/mol. The fraction of sp³-hybridized carbons (Fsp3) is 0. The van der Waals surface area contributed by atoms with Crippen molar-refractivity contribution in [2.24, 2.45) is 0 Å². The zero-order valence-corrected chi connectivity index (χ0v) is 22.2. The Morgan fingerprint density at radius 3 is 1.60 bits per heavy atom. The molecule has 0 atom stereocenters. The Hall–Kier alpha value is -6.02. The summed E-state index contributed by atoms with van der Waals surface area (Å²) in [6, 6.07) is 15.5. The third kappa shape index (κ3) is 8.24. The van der Waals surface area contributed by atoms with Crippen molar-refractivity contribution >= 4 is 69.1 Å². The Bertz CT molecular complexity index is 1600. The van der Waals surface area contributed by atoms with Gasteiger partial charge in [-0.1, -0.05) is 0 Å². The largest absolute Gasteiger partial charge is 0.322 e. The monoisotopic (exact) mass is 584 g/mol. The van der Waals surface area contributed by atoms with E-state index in [0.29, 0.717) is 16.3 Å². The number of nitrogens with zero attached hydrogens (tertiary/aromatic N) is 3. The molecule has 0 saturated carbocycles. The lowest BCUT2D eigenvalue weighted by molar-refractivity contribution is -0.385. The third-order valence-electron chi connectivity index (χ3n) is 5.45. The molecule has 0 saturated heterocycles. The molecule has 0 unspecified atom stereocenters. The van der Waals surface area contributed by atoms with E-state index in [9.17, 15) is 34.6 Å². The van der Waals surface area contributed by atoms with Crippen molar-refractivity contribution in [2.75, 3.05) is 16.0 Å². The van der Waals surface area contributed by atoms with Crippen LogP contribution in [-0.4, -0.2) is 32.6 Å². The van der Waals surface area contributed by atoms with Crippen LogP contribution in [0.15, 0.2) is 90.5 Å². The molecule has 1 heterocycles. The Morgan fingerprint density at radius 1 is 0.714 bits per heavy atom. The van der Waals surface area contributed by atoms with Crippen LogP contribution >= 0.6 is 11.3 Å². The first-order chi connectivity index (χ1) is 20.2. The molecule has 3 N–H and O–H groups in total. The molecule has 14 heteroatoms. The van der Waals surface area contributed by atoms with E-state index in [-0.39, 0.29) is 28.3 Å². The average molecular weight is 585 g/mol. The van der Waals surface area contributed by atoms with Crippen LogP contribution < -0.4 is 16.0 Å². The van der Waals surface area contributed by atoms with Crippen molar-refractivity contribution in [3.05, 3.63) is 127 Å². The number of nitro benzene ring substituents is 2. The smallest absolute Gasteiger partial charge is 0.269 e. The maximum Gasteiger partial charge on any atom is 0.269 e. The summed E-state index contributed by atoms with van der Waals surface area (Å²) in [4.78, 5) is 62.7. The van der Waals surface area contributed by atoms with E-state index >= 15 is 0 Å². The number of hydrogen-bond donors (Lipinski definition) is 3. The van der Waals surface area contributed by atoms with Gasteiger partial charge >= 0.3 is 0 Å². The Kier molecular flexibility index (Phi) is 9.22. The van der Waals surface area contributed by atoms with Crippen LogP contribution in [0, 0.1) is 20.2 Å².